The minimum Gasteiger partial charge on any atom is -0.481 e. The first-order chi connectivity index (χ1) is 10.6. The summed E-state index contributed by atoms with van der Waals surface area (Å²) in [5.74, 6) is -7.22. The van der Waals surface area contributed by atoms with Crippen LogP contribution in [0.15, 0.2) is 0 Å². The summed E-state index contributed by atoms with van der Waals surface area (Å²) in [7, 11) is 0. The van der Waals surface area contributed by atoms with Crippen LogP contribution in [0.3, 0.4) is 0 Å². The van der Waals surface area contributed by atoms with Gasteiger partial charge in [0.25, 0.3) is 0 Å². The summed E-state index contributed by atoms with van der Waals surface area (Å²) in [6, 6.07) is -1.59. The van der Waals surface area contributed by atoms with Crippen molar-refractivity contribution in [1.82, 2.24) is 0 Å². The molecule has 0 aromatic carbocycles. The molecule has 0 aromatic heterocycles. The summed E-state index contributed by atoms with van der Waals surface area (Å²) in [4.78, 5) is 65.2. The van der Waals surface area contributed by atoms with Crippen LogP contribution in [0, 0.1) is 0 Å². The molecular weight excluding hydrogens is 318 g/mol. The maximum atomic E-state index is 11.3. The lowest BCUT2D eigenvalue weighted by Crippen LogP contribution is -2.36. The van der Waals surface area contributed by atoms with E-state index in [1.54, 1.807) is 0 Å². The number of hydrogen-bond donors (Lipinski definition) is 3. The SMILES string of the molecule is N[C@@H](CC(=O)OC(=O)CCC(=O)O)C(=O)OC(=O)CCC(=O)O. The van der Waals surface area contributed by atoms with E-state index >= 15 is 0 Å². The molecule has 0 amide bonds. The molecule has 0 aromatic rings. The van der Waals surface area contributed by atoms with Crippen LogP contribution in [0.2, 0.25) is 0 Å². The first kappa shape index (κ1) is 20.2. The third-order valence-electron chi connectivity index (χ3n) is 2.22. The Bertz CT molecular complexity index is 512. The second-order valence-electron chi connectivity index (χ2n) is 4.24. The maximum Gasteiger partial charge on any atom is 0.331 e. The molecule has 0 heterocycles. The quantitative estimate of drug-likeness (QED) is 0.331. The van der Waals surface area contributed by atoms with E-state index < -0.39 is 74.0 Å². The summed E-state index contributed by atoms with van der Waals surface area (Å²) >= 11 is 0. The average Bonchev–Trinajstić information content (AvgIpc) is 2.42. The molecule has 0 unspecified atom stereocenters. The predicted octanol–water partition coefficient (Wildman–Crippen LogP) is -1.43. The molecule has 1 atom stereocenters. The summed E-state index contributed by atoms with van der Waals surface area (Å²) in [6.45, 7) is 0. The van der Waals surface area contributed by atoms with Gasteiger partial charge in [0.05, 0.1) is 32.1 Å². The number of nitrogens with two attached hydrogens (primary N) is 1. The van der Waals surface area contributed by atoms with Crippen LogP contribution < -0.4 is 5.73 Å². The number of ether oxygens (including phenoxy) is 2. The van der Waals surface area contributed by atoms with Crippen molar-refractivity contribution in [1.29, 1.82) is 0 Å². The zero-order valence-electron chi connectivity index (χ0n) is 11.9. The average molecular weight is 333 g/mol. The molecule has 4 N–H and O–H groups in total. The normalized spacial score (nSPS) is 11.2. The fraction of sp³-hybridized carbons (Fsp3) is 0.500. The number of carbonyl (C=O) groups is 6. The van der Waals surface area contributed by atoms with Crippen molar-refractivity contribution in [2.24, 2.45) is 5.73 Å². The van der Waals surface area contributed by atoms with Crippen molar-refractivity contribution in [2.75, 3.05) is 0 Å². The minimum absolute atomic E-state index is 0.529. The summed E-state index contributed by atoms with van der Waals surface area (Å²) < 4.78 is 8.42. The minimum atomic E-state index is -1.59. The molecule has 0 bridgehead atoms. The zero-order valence-corrected chi connectivity index (χ0v) is 11.9. The maximum absolute atomic E-state index is 11.3. The molecular formula is C12H15NO10. The third-order valence-corrected chi connectivity index (χ3v) is 2.22. The standard InChI is InChI=1S/C12H15NO10/c13-6(12(21)23-10(19)4-2-8(16)17)5-11(20)22-9(18)3-1-7(14)15/h6H,1-5,13H2,(H,14,15)(H,16,17)/t6-/m0/s1. The molecule has 0 aliphatic heterocycles. The van der Waals surface area contributed by atoms with E-state index in [0.29, 0.717) is 0 Å². The Hall–Kier alpha value is -2.82. The molecule has 0 saturated carbocycles. The highest BCUT2D eigenvalue weighted by Crippen LogP contribution is 2.01. The fourth-order valence-electron chi connectivity index (χ4n) is 1.14. The van der Waals surface area contributed by atoms with E-state index in [9.17, 15) is 28.8 Å². The van der Waals surface area contributed by atoms with E-state index in [4.69, 9.17) is 15.9 Å². The fourth-order valence-corrected chi connectivity index (χ4v) is 1.14. The highest BCUT2D eigenvalue weighted by Gasteiger charge is 2.24. The van der Waals surface area contributed by atoms with E-state index in [1.807, 2.05) is 0 Å². The first-order valence-electron chi connectivity index (χ1n) is 6.29. The molecule has 11 nitrogen and oxygen atoms in total. The van der Waals surface area contributed by atoms with Crippen LogP contribution in [-0.4, -0.2) is 52.1 Å². The molecule has 128 valence electrons. The molecule has 0 fully saturated rings. The Kier molecular flexibility index (Phi) is 8.77. The lowest BCUT2D eigenvalue weighted by Gasteiger charge is -2.09. The number of rotatable bonds is 9. The van der Waals surface area contributed by atoms with E-state index in [-0.39, 0.29) is 0 Å². The first-order valence-corrected chi connectivity index (χ1v) is 6.29. The number of esters is 4. The van der Waals surface area contributed by atoms with Crippen molar-refractivity contribution >= 4 is 35.8 Å². The lowest BCUT2D eigenvalue weighted by molar-refractivity contribution is -0.166. The Morgan fingerprint density at radius 2 is 1.17 bits per heavy atom. The van der Waals surface area contributed by atoms with Gasteiger partial charge in [-0.3, -0.25) is 24.0 Å². The lowest BCUT2D eigenvalue weighted by atomic mass is 10.2. The van der Waals surface area contributed by atoms with Gasteiger partial charge in [-0.15, -0.1) is 0 Å². The second kappa shape index (κ2) is 10.00. The second-order valence-corrected chi connectivity index (χ2v) is 4.24. The molecule has 0 radical (unpaired) electrons. The van der Waals surface area contributed by atoms with Crippen LogP contribution in [0.4, 0.5) is 0 Å². The largest absolute Gasteiger partial charge is 0.481 e. The van der Waals surface area contributed by atoms with E-state index in [1.165, 1.54) is 0 Å². The Morgan fingerprint density at radius 3 is 1.61 bits per heavy atom. The van der Waals surface area contributed by atoms with Gasteiger partial charge in [-0.2, -0.15) is 0 Å². The van der Waals surface area contributed by atoms with Crippen LogP contribution >= 0.6 is 0 Å². The predicted molar refractivity (Wildman–Crippen MR) is 68.5 cm³/mol. The summed E-state index contributed by atoms with van der Waals surface area (Å²) in [6.07, 6.45) is -2.93. The number of carboxylic acid groups (broad SMARTS) is 2. The number of hydrogen-bond acceptors (Lipinski definition) is 9. The van der Waals surface area contributed by atoms with Crippen molar-refractivity contribution in [3.8, 4) is 0 Å². The highest BCUT2D eigenvalue weighted by molar-refractivity contribution is 5.93. The molecule has 0 saturated heterocycles. The monoisotopic (exact) mass is 333 g/mol. The van der Waals surface area contributed by atoms with Gasteiger partial charge in [-0.25, -0.2) is 4.79 Å². The van der Waals surface area contributed by atoms with Gasteiger partial charge >= 0.3 is 35.8 Å². The van der Waals surface area contributed by atoms with Crippen LogP contribution in [-0.2, 0) is 38.2 Å². The van der Waals surface area contributed by atoms with Gasteiger partial charge in [0, 0.05) is 0 Å². The molecule has 0 aliphatic rings. The van der Waals surface area contributed by atoms with Gasteiger partial charge in [0.1, 0.15) is 6.04 Å². The Balaban J connectivity index is 4.17. The third kappa shape index (κ3) is 10.5. The summed E-state index contributed by atoms with van der Waals surface area (Å²) in [5, 5.41) is 16.7. The van der Waals surface area contributed by atoms with Crippen LogP contribution in [0.5, 0.6) is 0 Å². The van der Waals surface area contributed by atoms with Crippen molar-refractivity contribution < 1.29 is 48.5 Å². The van der Waals surface area contributed by atoms with Crippen molar-refractivity contribution in [2.45, 2.75) is 38.1 Å². The van der Waals surface area contributed by atoms with Gasteiger partial charge in [0.2, 0.25) is 0 Å². The van der Waals surface area contributed by atoms with Crippen LogP contribution in [0.25, 0.3) is 0 Å². The molecule has 23 heavy (non-hydrogen) atoms. The number of aliphatic carboxylic acids is 2. The van der Waals surface area contributed by atoms with Gasteiger partial charge in [-0.1, -0.05) is 0 Å². The zero-order chi connectivity index (χ0) is 18.0. The highest BCUT2D eigenvalue weighted by atomic mass is 16.6. The van der Waals surface area contributed by atoms with Crippen LogP contribution in [0.1, 0.15) is 32.1 Å². The molecule has 11 heteroatoms. The van der Waals surface area contributed by atoms with Gasteiger partial charge in [0.15, 0.2) is 0 Å². The number of carbonyl (C=O) groups excluding carboxylic acids is 4. The van der Waals surface area contributed by atoms with E-state index in [2.05, 4.69) is 9.47 Å². The molecule has 0 spiro atoms. The smallest absolute Gasteiger partial charge is 0.331 e. The topological polar surface area (TPSA) is 187 Å². The summed E-state index contributed by atoms with van der Waals surface area (Å²) in [5.41, 5.74) is 5.27. The molecule has 0 rings (SSSR count). The Morgan fingerprint density at radius 1 is 0.739 bits per heavy atom. The van der Waals surface area contributed by atoms with E-state index in [0.717, 1.165) is 0 Å². The van der Waals surface area contributed by atoms with Crippen molar-refractivity contribution in [3.05, 3.63) is 0 Å². The Labute approximate surface area is 129 Å². The molecule has 0 aliphatic carbocycles. The van der Waals surface area contributed by atoms with Gasteiger partial charge < -0.3 is 25.4 Å². The number of carboxylic acids is 2. The van der Waals surface area contributed by atoms with Gasteiger partial charge in [-0.05, 0) is 0 Å². The van der Waals surface area contributed by atoms with Crippen molar-refractivity contribution in [3.63, 3.8) is 0 Å².